The first-order valence-corrected chi connectivity index (χ1v) is 5.53. The van der Waals surface area contributed by atoms with E-state index in [1.807, 2.05) is 0 Å². The van der Waals surface area contributed by atoms with Crippen LogP contribution in [0.25, 0.3) is 0 Å². The minimum atomic E-state index is -0.930. The quantitative estimate of drug-likeness (QED) is 0.624. The molecule has 1 rings (SSSR count). The third-order valence-electron chi connectivity index (χ3n) is 3.67. The lowest BCUT2D eigenvalue weighted by molar-refractivity contribution is 0.0785. The fourth-order valence-electron chi connectivity index (χ4n) is 2.40. The summed E-state index contributed by atoms with van der Waals surface area (Å²) in [4.78, 5) is 10.9. The molecule has 1 fully saturated rings. The van der Waals surface area contributed by atoms with E-state index >= 15 is 0 Å². The molecule has 0 aromatic heterocycles. The van der Waals surface area contributed by atoms with Gasteiger partial charge in [0.25, 0.3) is 0 Å². The molecule has 1 amide bonds. The summed E-state index contributed by atoms with van der Waals surface area (Å²) < 4.78 is 0. The Kier molecular flexibility index (Phi) is 3.28. The number of carbonyl (C=O) groups is 1. The van der Waals surface area contributed by atoms with Gasteiger partial charge in [0.05, 0.1) is 0 Å². The lowest BCUT2D eigenvalue weighted by Gasteiger charge is -2.48. The maximum Gasteiger partial charge on any atom is 0.405 e. The number of amides is 1. The van der Waals surface area contributed by atoms with Crippen LogP contribution in [0, 0.1) is 5.41 Å². The van der Waals surface area contributed by atoms with Crippen molar-refractivity contribution in [3.63, 3.8) is 0 Å². The van der Waals surface area contributed by atoms with Gasteiger partial charge in [-0.3, -0.25) is 0 Å². The number of hydrogen-bond donors (Lipinski definition) is 3. The normalized spacial score (nSPS) is 32.4. The van der Waals surface area contributed by atoms with Gasteiger partial charge < -0.3 is 16.2 Å². The van der Waals surface area contributed by atoms with Gasteiger partial charge in [0.1, 0.15) is 0 Å². The van der Waals surface area contributed by atoms with Gasteiger partial charge in [-0.05, 0) is 31.1 Å². The van der Waals surface area contributed by atoms with Crippen LogP contribution < -0.4 is 11.1 Å². The van der Waals surface area contributed by atoms with E-state index in [1.165, 1.54) is 0 Å². The van der Waals surface area contributed by atoms with Crippen LogP contribution in [0.1, 0.15) is 46.5 Å². The van der Waals surface area contributed by atoms with Gasteiger partial charge >= 0.3 is 6.09 Å². The standard InChI is InChI=1S/C11H22N2O2/c1-10(2,3)11(13-9(14)15)6-4-8(12)5-7-11/h8,13H,4-7,12H2,1-3H3,(H,14,15). The molecule has 0 unspecified atom stereocenters. The van der Waals surface area contributed by atoms with Crippen molar-refractivity contribution in [2.45, 2.75) is 58.0 Å². The zero-order chi connectivity index (χ0) is 11.7. The third-order valence-corrected chi connectivity index (χ3v) is 3.67. The minimum Gasteiger partial charge on any atom is -0.465 e. The third kappa shape index (κ3) is 2.62. The van der Waals surface area contributed by atoms with E-state index < -0.39 is 6.09 Å². The molecule has 1 aliphatic rings. The topological polar surface area (TPSA) is 75.3 Å². The summed E-state index contributed by atoms with van der Waals surface area (Å²) >= 11 is 0. The van der Waals surface area contributed by atoms with E-state index in [-0.39, 0.29) is 17.0 Å². The van der Waals surface area contributed by atoms with Crippen LogP contribution in [0.5, 0.6) is 0 Å². The van der Waals surface area contributed by atoms with Crippen LogP contribution in [0.15, 0.2) is 0 Å². The maximum absolute atomic E-state index is 10.9. The predicted octanol–water partition coefficient (Wildman–Crippen LogP) is 1.94. The SMILES string of the molecule is CC(C)(C)C1(NC(=O)O)CCC(N)CC1. The van der Waals surface area contributed by atoms with E-state index in [4.69, 9.17) is 10.8 Å². The van der Waals surface area contributed by atoms with Gasteiger partial charge in [-0.1, -0.05) is 20.8 Å². The Labute approximate surface area is 91.2 Å². The Morgan fingerprint density at radius 3 is 2.20 bits per heavy atom. The first kappa shape index (κ1) is 12.3. The monoisotopic (exact) mass is 214 g/mol. The lowest BCUT2D eigenvalue weighted by Crippen LogP contribution is -2.59. The van der Waals surface area contributed by atoms with E-state index in [1.54, 1.807) is 0 Å². The molecule has 88 valence electrons. The molecule has 1 saturated carbocycles. The summed E-state index contributed by atoms with van der Waals surface area (Å²) in [5, 5.41) is 11.6. The van der Waals surface area contributed by atoms with Gasteiger partial charge in [0.15, 0.2) is 0 Å². The molecule has 0 bridgehead atoms. The molecule has 0 saturated heterocycles. The Hall–Kier alpha value is -0.770. The lowest BCUT2D eigenvalue weighted by atomic mass is 9.65. The predicted molar refractivity (Wildman–Crippen MR) is 59.8 cm³/mol. The number of hydrogen-bond acceptors (Lipinski definition) is 2. The van der Waals surface area contributed by atoms with E-state index in [0.717, 1.165) is 25.7 Å². The second-order valence-corrected chi connectivity index (χ2v) is 5.60. The largest absolute Gasteiger partial charge is 0.465 e. The van der Waals surface area contributed by atoms with Crippen LogP contribution in [-0.4, -0.2) is 22.8 Å². The molecule has 4 heteroatoms. The van der Waals surface area contributed by atoms with Crippen LogP contribution in [0.2, 0.25) is 0 Å². The van der Waals surface area contributed by atoms with Crippen LogP contribution >= 0.6 is 0 Å². The Bertz CT molecular complexity index is 237. The Morgan fingerprint density at radius 2 is 1.87 bits per heavy atom. The smallest absolute Gasteiger partial charge is 0.405 e. The van der Waals surface area contributed by atoms with Crippen molar-refractivity contribution in [2.75, 3.05) is 0 Å². The zero-order valence-electron chi connectivity index (χ0n) is 9.84. The maximum atomic E-state index is 10.9. The van der Waals surface area contributed by atoms with Gasteiger partial charge in [0.2, 0.25) is 0 Å². The van der Waals surface area contributed by atoms with Gasteiger partial charge in [-0.15, -0.1) is 0 Å². The summed E-state index contributed by atoms with van der Waals surface area (Å²) in [5.41, 5.74) is 5.48. The second-order valence-electron chi connectivity index (χ2n) is 5.60. The summed E-state index contributed by atoms with van der Waals surface area (Å²) in [5.74, 6) is 0. The molecule has 0 aromatic carbocycles. The molecule has 0 spiro atoms. The molecular weight excluding hydrogens is 192 g/mol. The molecule has 0 radical (unpaired) electrons. The summed E-state index contributed by atoms with van der Waals surface area (Å²) in [6, 6.07) is 0.232. The number of rotatable bonds is 1. The number of nitrogens with one attached hydrogen (secondary N) is 1. The second kappa shape index (κ2) is 4.00. The summed E-state index contributed by atoms with van der Waals surface area (Å²) in [7, 11) is 0. The van der Waals surface area contributed by atoms with E-state index in [0.29, 0.717) is 0 Å². The van der Waals surface area contributed by atoms with Crippen molar-refractivity contribution >= 4 is 6.09 Å². The van der Waals surface area contributed by atoms with Gasteiger partial charge in [-0.25, -0.2) is 4.79 Å². The zero-order valence-corrected chi connectivity index (χ0v) is 9.84. The van der Waals surface area contributed by atoms with Crippen molar-refractivity contribution in [3.05, 3.63) is 0 Å². The van der Waals surface area contributed by atoms with Gasteiger partial charge in [0, 0.05) is 11.6 Å². The first-order valence-electron chi connectivity index (χ1n) is 5.53. The highest BCUT2D eigenvalue weighted by atomic mass is 16.4. The van der Waals surface area contributed by atoms with E-state index in [2.05, 4.69) is 26.1 Å². The fraction of sp³-hybridized carbons (Fsp3) is 0.909. The molecule has 0 heterocycles. The molecule has 4 N–H and O–H groups in total. The molecule has 4 nitrogen and oxygen atoms in total. The summed E-state index contributed by atoms with van der Waals surface area (Å²) in [6.45, 7) is 6.25. The van der Waals surface area contributed by atoms with Crippen LogP contribution in [-0.2, 0) is 0 Å². The highest BCUT2D eigenvalue weighted by Gasteiger charge is 2.45. The average molecular weight is 214 g/mol. The molecule has 15 heavy (non-hydrogen) atoms. The van der Waals surface area contributed by atoms with Crippen molar-refractivity contribution in [3.8, 4) is 0 Å². The fourth-order valence-corrected chi connectivity index (χ4v) is 2.40. The molecule has 0 aliphatic heterocycles. The molecule has 0 atom stereocenters. The summed E-state index contributed by atoms with van der Waals surface area (Å²) in [6.07, 6.45) is 2.55. The molecular formula is C11H22N2O2. The highest BCUT2D eigenvalue weighted by molar-refractivity contribution is 5.65. The Morgan fingerprint density at radius 1 is 1.40 bits per heavy atom. The van der Waals surface area contributed by atoms with E-state index in [9.17, 15) is 4.79 Å². The molecule has 1 aliphatic carbocycles. The van der Waals surface area contributed by atoms with Crippen molar-refractivity contribution in [2.24, 2.45) is 11.1 Å². The average Bonchev–Trinajstić information content (AvgIpc) is 2.06. The van der Waals surface area contributed by atoms with Crippen molar-refractivity contribution in [1.29, 1.82) is 0 Å². The number of carboxylic acid groups (broad SMARTS) is 1. The van der Waals surface area contributed by atoms with Crippen LogP contribution in [0.4, 0.5) is 4.79 Å². The minimum absolute atomic E-state index is 0.0640. The first-order chi connectivity index (χ1) is 6.77. The Balaban J connectivity index is 2.83. The van der Waals surface area contributed by atoms with Crippen molar-refractivity contribution < 1.29 is 9.90 Å². The van der Waals surface area contributed by atoms with Gasteiger partial charge in [-0.2, -0.15) is 0 Å². The molecule has 0 aromatic rings. The van der Waals surface area contributed by atoms with Crippen LogP contribution in [0.3, 0.4) is 0 Å². The highest BCUT2D eigenvalue weighted by Crippen LogP contribution is 2.41. The number of nitrogens with two attached hydrogens (primary N) is 1. The van der Waals surface area contributed by atoms with Crippen molar-refractivity contribution in [1.82, 2.24) is 5.32 Å².